The molecule has 2 aromatic rings. The van der Waals surface area contributed by atoms with Crippen LogP contribution in [0, 0.1) is 6.92 Å². The summed E-state index contributed by atoms with van der Waals surface area (Å²) in [5.41, 5.74) is 8.47. The van der Waals surface area contributed by atoms with Crippen LogP contribution in [-0.2, 0) is 0 Å². The van der Waals surface area contributed by atoms with Crippen molar-refractivity contribution in [2.75, 3.05) is 5.73 Å². The zero-order valence-corrected chi connectivity index (χ0v) is 7.41. The van der Waals surface area contributed by atoms with Gasteiger partial charge in [0.25, 0.3) is 0 Å². The molecule has 0 saturated carbocycles. The van der Waals surface area contributed by atoms with Gasteiger partial charge in [-0.1, -0.05) is 0 Å². The lowest BCUT2D eigenvalue weighted by Gasteiger charge is -1.96. The average Bonchev–Trinajstić information content (AvgIpc) is 2.53. The van der Waals surface area contributed by atoms with Crippen LogP contribution in [-0.4, -0.2) is 9.97 Å². The predicted octanol–water partition coefficient (Wildman–Crippen LogP) is 1.97. The molecule has 0 aliphatic carbocycles. The molecule has 2 rings (SSSR count). The normalized spacial score (nSPS) is 10.2. The highest BCUT2D eigenvalue weighted by Gasteiger charge is 1.99. The topological polar surface area (TPSA) is 54.7 Å². The van der Waals surface area contributed by atoms with Crippen molar-refractivity contribution >= 4 is 5.69 Å². The fourth-order valence-electron chi connectivity index (χ4n) is 1.20. The van der Waals surface area contributed by atoms with Crippen LogP contribution in [0.4, 0.5) is 5.69 Å². The first kappa shape index (κ1) is 7.86. The van der Waals surface area contributed by atoms with Crippen LogP contribution in [0.25, 0.3) is 11.4 Å². The number of aryl methyl sites for hydroxylation is 1. The van der Waals surface area contributed by atoms with Crippen LogP contribution in [0.5, 0.6) is 0 Å². The fourth-order valence-corrected chi connectivity index (χ4v) is 1.20. The minimum atomic E-state index is 0.770. The number of nitrogen functional groups attached to an aromatic ring is 1. The van der Waals surface area contributed by atoms with E-state index in [2.05, 4.69) is 9.97 Å². The van der Waals surface area contributed by atoms with Crippen molar-refractivity contribution in [3.63, 3.8) is 0 Å². The molecule has 13 heavy (non-hydrogen) atoms. The summed E-state index contributed by atoms with van der Waals surface area (Å²) in [5, 5.41) is 0. The summed E-state index contributed by atoms with van der Waals surface area (Å²) < 4.78 is 0. The van der Waals surface area contributed by atoms with Crippen molar-refractivity contribution in [3.05, 3.63) is 36.2 Å². The van der Waals surface area contributed by atoms with Gasteiger partial charge in [0, 0.05) is 23.1 Å². The molecule has 1 aromatic carbocycles. The van der Waals surface area contributed by atoms with E-state index in [1.54, 1.807) is 0 Å². The second-order valence-corrected chi connectivity index (χ2v) is 3.04. The predicted molar refractivity (Wildman–Crippen MR) is 53.2 cm³/mol. The van der Waals surface area contributed by atoms with E-state index in [1.807, 2.05) is 37.4 Å². The number of aromatic nitrogens is 2. The molecule has 0 fully saturated rings. The van der Waals surface area contributed by atoms with Gasteiger partial charge in [-0.15, -0.1) is 0 Å². The highest BCUT2D eigenvalue weighted by Crippen LogP contribution is 2.16. The smallest absolute Gasteiger partial charge is 0.137 e. The maximum atomic E-state index is 5.58. The van der Waals surface area contributed by atoms with Gasteiger partial charge in [0.15, 0.2) is 0 Å². The van der Waals surface area contributed by atoms with Crippen LogP contribution >= 0.6 is 0 Å². The molecule has 0 atom stereocenters. The summed E-state index contributed by atoms with van der Waals surface area (Å²) in [6.07, 6.45) is 1.81. The highest BCUT2D eigenvalue weighted by molar-refractivity contribution is 5.58. The summed E-state index contributed by atoms with van der Waals surface area (Å²) in [6, 6.07) is 7.64. The summed E-state index contributed by atoms with van der Waals surface area (Å²) in [7, 11) is 0. The van der Waals surface area contributed by atoms with Gasteiger partial charge in [-0.25, -0.2) is 4.98 Å². The molecule has 3 nitrogen and oxygen atoms in total. The molecule has 1 aromatic heterocycles. The minimum absolute atomic E-state index is 0.770. The SMILES string of the molecule is Cc1cnc(-c2ccc(N)cc2)[nH]1. The summed E-state index contributed by atoms with van der Waals surface area (Å²) in [5.74, 6) is 0.887. The van der Waals surface area contributed by atoms with Crippen molar-refractivity contribution in [2.24, 2.45) is 0 Å². The lowest BCUT2D eigenvalue weighted by molar-refractivity contribution is 1.26. The maximum absolute atomic E-state index is 5.58. The number of hydrogen-bond acceptors (Lipinski definition) is 2. The third-order valence-electron chi connectivity index (χ3n) is 1.89. The van der Waals surface area contributed by atoms with E-state index in [0.29, 0.717) is 0 Å². The number of aromatic amines is 1. The van der Waals surface area contributed by atoms with E-state index >= 15 is 0 Å². The summed E-state index contributed by atoms with van der Waals surface area (Å²) in [4.78, 5) is 7.38. The highest BCUT2D eigenvalue weighted by atomic mass is 14.9. The van der Waals surface area contributed by atoms with Gasteiger partial charge in [-0.3, -0.25) is 0 Å². The molecule has 0 saturated heterocycles. The van der Waals surface area contributed by atoms with E-state index in [0.717, 1.165) is 22.8 Å². The average molecular weight is 173 g/mol. The molecule has 1 heterocycles. The summed E-state index contributed by atoms with van der Waals surface area (Å²) >= 11 is 0. The summed E-state index contributed by atoms with van der Waals surface area (Å²) in [6.45, 7) is 1.98. The van der Waals surface area contributed by atoms with Crippen LogP contribution in [0.1, 0.15) is 5.69 Å². The third-order valence-corrected chi connectivity index (χ3v) is 1.89. The molecule has 0 aliphatic heterocycles. The molecule has 3 N–H and O–H groups in total. The van der Waals surface area contributed by atoms with Crippen LogP contribution in [0.15, 0.2) is 30.5 Å². The monoisotopic (exact) mass is 173 g/mol. The Kier molecular flexibility index (Phi) is 1.77. The number of nitrogens with zero attached hydrogens (tertiary/aromatic N) is 1. The van der Waals surface area contributed by atoms with Crippen molar-refractivity contribution in [1.29, 1.82) is 0 Å². The largest absolute Gasteiger partial charge is 0.399 e. The van der Waals surface area contributed by atoms with Crippen LogP contribution < -0.4 is 5.73 Å². The Bertz CT molecular complexity index is 400. The van der Waals surface area contributed by atoms with Gasteiger partial charge in [-0.05, 0) is 31.2 Å². The number of anilines is 1. The molecular weight excluding hydrogens is 162 g/mol. The molecule has 0 spiro atoms. The number of rotatable bonds is 1. The van der Waals surface area contributed by atoms with E-state index in [9.17, 15) is 0 Å². The number of hydrogen-bond donors (Lipinski definition) is 2. The first-order chi connectivity index (χ1) is 6.25. The van der Waals surface area contributed by atoms with E-state index < -0.39 is 0 Å². The van der Waals surface area contributed by atoms with Gasteiger partial charge < -0.3 is 10.7 Å². The lowest BCUT2D eigenvalue weighted by atomic mass is 10.2. The molecule has 0 bridgehead atoms. The van der Waals surface area contributed by atoms with E-state index in [-0.39, 0.29) is 0 Å². The Morgan fingerprint density at radius 2 is 1.92 bits per heavy atom. The Morgan fingerprint density at radius 3 is 2.46 bits per heavy atom. The fraction of sp³-hybridized carbons (Fsp3) is 0.100. The molecule has 66 valence electrons. The number of nitrogens with one attached hydrogen (secondary N) is 1. The molecule has 0 amide bonds. The molecule has 0 aliphatic rings. The maximum Gasteiger partial charge on any atom is 0.137 e. The molecule has 0 unspecified atom stereocenters. The minimum Gasteiger partial charge on any atom is -0.399 e. The van der Waals surface area contributed by atoms with Crippen LogP contribution in [0.3, 0.4) is 0 Å². The quantitative estimate of drug-likeness (QED) is 0.648. The standard InChI is InChI=1S/C10H11N3/c1-7-6-12-10(13-7)8-2-4-9(11)5-3-8/h2-6H,11H2,1H3,(H,12,13). The van der Waals surface area contributed by atoms with Gasteiger partial charge in [-0.2, -0.15) is 0 Å². The number of benzene rings is 1. The molecule has 3 heteroatoms. The van der Waals surface area contributed by atoms with Crippen LogP contribution in [0.2, 0.25) is 0 Å². The van der Waals surface area contributed by atoms with Crippen molar-refractivity contribution in [1.82, 2.24) is 9.97 Å². The molecular formula is C10H11N3. The Balaban J connectivity index is 2.41. The third kappa shape index (κ3) is 1.54. The van der Waals surface area contributed by atoms with Gasteiger partial charge in [0.2, 0.25) is 0 Å². The van der Waals surface area contributed by atoms with Gasteiger partial charge in [0.05, 0.1) is 0 Å². The van der Waals surface area contributed by atoms with Gasteiger partial charge in [0.1, 0.15) is 5.82 Å². The first-order valence-corrected chi connectivity index (χ1v) is 4.13. The first-order valence-electron chi connectivity index (χ1n) is 4.13. The number of imidazole rings is 1. The second kappa shape index (κ2) is 2.94. The van der Waals surface area contributed by atoms with Crippen molar-refractivity contribution in [3.8, 4) is 11.4 Å². The Hall–Kier alpha value is -1.77. The Labute approximate surface area is 76.6 Å². The van der Waals surface area contributed by atoms with Crippen molar-refractivity contribution < 1.29 is 0 Å². The number of nitrogens with two attached hydrogens (primary N) is 1. The van der Waals surface area contributed by atoms with Gasteiger partial charge >= 0.3 is 0 Å². The lowest BCUT2D eigenvalue weighted by Crippen LogP contribution is -1.85. The van der Waals surface area contributed by atoms with E-state index in [4.69, 9.17) is 5.73 Å². The molecule has 0 radical (unpaired) electrons. The zero-order valence-electron chi connectivity index (χ0n) is 7.41. The Morgan fingerprint density at radius 1 is 1.23 bits per heavy atom. The second-order valence-electron chi connectivity index (χ2n) is 3.04. The zero-order chi connectivity index (χ0) is 9.26. The van der Waals surface area contributed by atoms with Crippen molar-refractivity contribution in [2.45, 2.75) is 6.92 Å². The van der Waals surface area contributed by atoms with E-state index in [1.165, 1.54) is 0 Å². The number of H-pyrrole nitrogens is 1.